The van der Waals surface area contributed by atoms with E-state index in [2.05, 4.69) is 4.90 Å². The number of rotatable bonds is 3. The summed E-state index contributed by atoms with van der Waals surface area (Å²) < 4.78 is 5.34. The van der Waals surface area contributed by atoms with Gasteiger partial charge in [0, 0.05) is 30.5 Å². The zero-order valence-corrected chi connectivity index (χ0v) is 9.31. The Morgan fingerprint density at radius 1 is 1.69 bits per heavy atom. The molecule has 4 heteroatoms. The van der Waals surface area contributed by atoms with E-state index in [4.69, 9.17) is 27.9 Å². The number of alkyl halides is 1. The minimum absolute atomic E-state index is 0.335. The Hall–Kier alpha value is 0.240. The van der Waals surface area contributed by atoms with Gasteiger partial charge in [0.2, 0.25) is 0 Å². The maximum atomic E-state index is 5.83. The van der Waals surface area contributed by atoms with Crippen molar-refractivity contribution in [1.29, 1.82) is 0 Å². The number of ether oxygens (including phenoxy) is 1. The van der Waals surface area contributed by atoms with Crippen LogP contribution < -0.4 is 0 Å². The van der Waals surface area contributed by atoms with E-state index in [1.165, 1.54) is 5.57 Å². The molecule has 0 radical (unpaired) electrons. The number of hydrogen-bond donors (Lipinski definition) is 0. The third kappa shape index (κ3) is 3.47. The molecule has 0 bridgehead atoms. The quantitative estimate of drug-likeness (QED) is 0.680. The van der Waals surface area contributed by atoms with Crippen LogP contribution in [0.2, 0.25) is 0 Å². The highest BCUT2D eigenvalue weighted by Crippen LogP contribution is 2.11. The van der Waals surface area contributed by atoms with Crippen molar-refractivity contribution in [3.05, 3.63) is 11.1 Å². The molecule has 0 N–H and O–H groups in total. The Morgan fingerprint density at radius 3 is 3.08 bits per heavy atom. The van der Waals surface area contributed by atoms with Crippen LogP contribution in [0.3, 0.4) is 0 Å². The van der Waals surface area contributed by atoms with Crippen LogP contribution in [0.4, 0.5) is 0 Å². The summed E-state index contributed by atoms with van der Waals surface area (Å²) in [6, 6.07) is 0.335. The second-order valence-electron chi connectivity index (χ2n) is 3.31. The highest BCUT2D eigenvalue weighted by Gasteiger charge is 2.21. The van der Waals surface area contributed by atoms with Gasteiger partial charge in [-0.3, -0.25) is 4.90 Å². The lowest BCUT2D eigenvalue weighted by Crippen LogP contribution is -2.47. The lowest BCUT2D eigenvalue weighted by Gasteiger charge is -2.34. The van der Waals surface area contributed by atoms with E-state index in [0.717, 1.165) is 26.3 Å². The summed E-state index contributed by atoms with van der Waals surface area (Å²) in [6.45, 7) is 5.39. The first-order valence-corrected chi connectivity index (χ1v) is 5.38. The van der Waals surface area contributed by atoms with Gasteiger partial charge in [-0.15, -0.1) is 11.6 Å². The molecule has 76 valence electrons. The van der Waals surface area contributed by atoms with Crippen LogP contribution >= 0.6 is 23.2 Å². The van der Waals surface area contributed by atoms with Gasteiger partial charge in [-0.25, -0.2) is 0 Å². The van der Waals surface area contributed by atoms with Gasteiger partial charge < -0.3 is 4.74 Å². The smallest absolute Gasteiger partial charge is 0.0634 e. The Balaban J connectivity index is 2.45. The molecule has 1 saturated heterocycles. The molecule has 13 heavy (non-hydrogen) atoms. The lowest BCUT2D eigenvalue weighted by molar-refractivity contribution is 0.00571. The van der Waals surface area contributed by atoms with Crippen LogP contribution in [0.25, 0.3) is 0 Å². The second-order valence-corrected chi connectivity index (χ2v) is 3.84. The van der Waals surface area contributed by atoms with Crippen LogP contribution in [0.15, 0.2) is 11.1 Å². The van der Waals surface area contributed by atoms with Crippen LogP contribution in [-0.2, 0) is 4.74 Å². The molecule has 0 aromatic heterocycles. The SMILES string of the molecule is CC(=CCl)CN1CCOCC1CCl. The van der Waals surface area contributed by atoms with E-state index in [1.54, 1.807) is 5.54 Å². The number of nitrogens with zero attached hydrogens (tertiary/aromatic N) is 1. The minimum atomic E-state index is 0.335. The normalized spacial score (nSPS) is 26.4. The highest BCUT2D eigenvalue weighted by molar-refractivity contribution is 6.25. The Kier molecular flexibility index (Phi) is 5.10. The predicted octanol–water partition coefficient (Wildman–Crippen LogP) is 2.07. The Bertz CT molecular complexity index is 184. The van der Waals surface area contributed by atoms with Gasteiger partial charge >= 0.3 is 0 Å². The largest absolute Gasteiger partial charge is 0.378 e. The molecule has 1 rings (SSSR count). The van der Waals surface area contributed by atoms with Gasteiger partial charge in [-0.05, 0) is 12.5 Å². The molecule has 2 nitrogen and oxygen atoms in total. The average molecular weight is 224 g/mol. The third-order valence-corrected chi connectivity index (χ3v) is 2.90. The van der Waals surface area contributed by atoms with E-state index in [-0.39, 0.29) is 0 Å². The Morgan fingerprint density at radius 2 is 2.46 bits per heavy atom. The van der Waals surface area contributed by atoms with Gasteiger partial charge in [0.1, 0.15) is 0 Å². The monoisotopic (exact) mass is 223 g/mol. The average Bonchev–Trinajstić information content (AvgIpc) is 2.18. The van der Waals surface area contributed by atoms with E-state index in [9.17, 15) is 0 Å². The van der Waals surface area contributed by atoms with Crippen molar-refractivity contribution in [1.82, 2.24) is 4.90 Å². The first-order valence-electron chi connectivity index (χ1n) is 4.41. The highest BCUT2D eigenvalue weighted by atomic mass is 35.5. The van der Waals surface area contributed by atoms with Crippen molar-refractivity contribution in [2.24, 2.45) is 0 Å². The molecule has 0 saturated carbocycles. The van der Waals surface area contributed by atoms with Gasteiger partial charge in [-0.2, -0.15) is 0 Å². The minimum Gasteiger partial charge on any atom is -0.378 e. The zero-order chi connectivity index (χ0) is 9.68. The molecule has 1 unspecified atom stereocenters. The number of hydrogen-bond acceptors (Lipinski definition) is 2. The summed E-state index contributed by atoms with van der Waals surface area (Å²) in [5.74, 6) is 0.621. The fraction of sp³-hybridized carbons (Fsp3) is 0.778. The first kappa shape index (κ1) is 11.3. The predicted molar refractivity (Wildman–Crippen MR) is 56.5 cm³/mol. The number of halogens is 2. The van der Waals surface area contributed by atoms with Crippen molar-refractivity contribution in [3.63, 3.8) is 0 Å². The van der Waals surface area contributed by atoms with Crippen molar-refractivity contribution in [2.45, 2.75) is 13.0 Å². The second kappa shape index (κ2) is 5.86. The van der Waals surface area contributed by atoms with E-state index in [1.807, 2.05) is 6.92 Å². The Labute approximate surface area is 89.4 Å². The topological polar surface area (TPSA) is 12.5 Å². The summed E-state index contributed by atoms with van der Waals surface area (Å²) in [5.41, 5.74) is 2.79. The molecule has 1 aliphatic rings. The summed E-state index contributed by atoms with van der Waals surface area (Å²) in [4.78, 5) is 2.31. The molecule has 1 fully saturated rings. The fourth-order valence-electron chi connectivity index (χ4n) is 1.39. The number of morpholine rings is 1. The molecule has 1 aliphatic heterocycles. The van der Waals surface area contributed by atoms with E-state index >= 15 is 0 Å². The van der Waals surface area contributed by atoms with Crippen molar-refractivity contribution in [3.8, 4) is 0 Å². The van der Waals surface area contributed by atoms with E-state index < -0.39 is 0 Å². The maximum absolute atomic E-state index is 5.83. The molecular formula is C9H15Cl2NO. The van der Waals surface area contributed by atoms with E-state index in [0.29, 0.717) is 11.9 Å². The van der Waals surface area contributed by atoms with Crippen molar-refractivity contribution < 1.29 is 4.74 Å². The first-order chi connectivity index (χ1) is 6.27. The molecule has 0 aromatic rings. The zero-order valence-electron chi connectivity index (χ0n) is 7.80. The van der Waals surface area contributed by atoms with Crippen LogP contribution in [-0.4, -0.2) is 43.1 Å². The molecule has 0 aliphatic carbocycles. The third-order valence-electron chi connectivity index (χ3n) is 2.17. The maximum Gasteiger partial charge on any atom is 0.0634 e. The summed E-state index contributed by atoms with van der Waals surface area (Å²) >= 11 is 11.4. The molecule has 1 atom stereocenters. The standard InChI is InChI=1S/C9H15Cl2NO/c1-8(4-10)6-12-2-3-13-7-9(12)5-11/h4,9H,2-3,5-7H2,1H3. The molecular weight excluding hydrogens is 209 g/mol. The molecule has 0 aromatic carbocycles. The van der Waals surface area contributed by atoms with Crippen LogP contribution in [0.1, 0.15) is 6.92 Å². The molecule has 0 spiro atoms. The fourth-order valence-corrected chi connectivity index (χ4v) is 1.75. The van der Waals surface area contributed by atoms with Gasteiger partial charge in [0.15, 0.2) is 0 Å². The van der Waals surface area contributed by atoms with Crippen LogP contribution in [0.5, 0.6) is 0 Å². The summed E-state index contributed by atoms with van der Waals surface area (Å²) in [7, 11) is 0. The molecule has 1 heterocycles. The van der Waals surface area contributed by atoms with Crippen molar-refractivity contribution >= 4 is 23.2 Å². The van der Waals surface area contributed by atoms with Crippen LogP contribution in [0, 0.1) is 0 Å². The summed E-state index contributed by atoms with van der Waals surface area (Å²) in [6.07, 6.45) is 0. The van der Waals surface area contributed by atoms with Gasteiger partial charge in [-0.1, -0.05) is 11.6 Å². The van der Waals surface area contributed by atoms with Crippen molar-refractivity contribution in [2.75, 3.05) is 32.2 Å². The lowest BCUT2D eigenvalue weighted by atomic mass is 10.2. The van der Waals surface area contributed by atoms with Gasteiger partial charge in [0.05, 0.1) is 13.2 Å². The van der Waals surface area contributed by atoms with Gasteiger partial charge in [0.25, 0.3) is 0 Å². The molecule has 0 amide bonds. The summed E-state index contributed by atoms with van der Waals surface area (Å²) in [5, 5.41) is 0.